The Morgan fingerprint density at radius 3 is 2.29 bits per heavy atom. The number of hydrogen-bond donors (Lipinski definition) is 5. The standard InChI is InChI=1S/C15H19N5O3S/c16-15(19-13-3-1-2-4-14(13)20-21)18-10-9-11-5-7-12(8-6-11)24(17,22)23/h1-8,20-21H,9-10H2,(H3,16,18,19)(H2,17,22,23). The first-order valence-electron chi connectivity index (χ1n) is 7.08. The minimum Gasteiger partial charge on any atom is -0.370 e. The van der Waals surface area contributed by atoms with Gasteiger partial charge in [-0.25, -0.2) is 13.6 Å². The molecule has 8 nitrogen and oxygen atoms in total. The molecule has 0 unspecified atom stereocenters. The number of primary sulfonamides is 1. The Morgan fingerprint density at radius 2 is 1.71 bits per heavy atom. The molecule has 0 fully saturated rings. The predicted molar refractivity (Wildman–Crippen MR) is 93.5 cm³/mol. The molecule has 0 bridgehead atoms. The van der Waals surface area contributed by atoms with Crippen LogP contribution < -0.4 is 21.7 Å². The number of aliphatic imine (C=N–C) groups is 1. The van der Waals surface area contributed by atoms with Crippen LogP contribution in [0.3, 0.4) is 0 Å². The Kier molecular flexibility index (Phi) is 5.74. The molecule has 0 radical (unpaired) electrons. The summed E-state index contributed by atoms with van der Waals surface area (Å²) in [5.41, 5.74) is 9.87. The molecule has 0 heterocycles. The molecule has 0 spiro atoms. The van der Waals surface area contributed by atoms with Gasteiger partial charge in [0.25, 0.3) is 0 Å². The first kappa shape index (κ1) is 17.7. The lowest BCUT2D eigenvalue weighted by molar-refractivity contribution is 0.389. The van der Waals surface area contributed by atoms with E-state index in [0.717, 1.165) is 5.56 Å². The second kappa shape index (κ2) is 7.77. The SMILES string of the molecule is NC(=NCCc1ccc(S(N)(=O)=O)cc1)Nc1ccccc1NO. The zero-order valence-corrected chi connectivity index (χ0v) is 13.6. The first-order chi connectivity index (χ1) is 11.4. The summed E-state index contributed by atoms with van der Waals surface area (Å²) in [6.07, 6.45) is 0.590. The largest absolute Gasteiger partial charge is 0.370 e. The van der Waals surface area contributed by atoms with Crippen molar-refractivity contribution in [2.45, 2.75) is 11.3 Å². The van der Waals surface area contributed by atoms with Crippen LogP contribution in [0.5, 0.6) is 0 Å². The molecule has 7 N–H and O–H groups in total. The lowest BCUT2D eigenvalue weighted by Gasteiger charge is -2.10. The summed E-state index contributed by atoms with van der Waals surface area (Å²) in [5, 5.41) is 16.9. The van der Waals surface area contributed by atoms with Gasteiger partial charge < -0.3 is 11.1 Å². The molecule has 128 valence electrons. The van der Waals surface area contributed by atoms with E-state index in [-0.39, 0.29) is 10.9 Å². The van der Waals surface area contributed by atoms with Crippen LogP contribution in [-0.2, 0) is 16.4 Å². The molecule has 2 aromatic rings. The topological polar surface area (TPSA) is 143 Å². The van der Waals surface area contributed by atoms with E-state index in [1.165, 1.54) is 12.1 Å². The maximum atomic E-state index is 11.2. The molecule has 24 heavy (non-hydrogen) atoms. The molecular weight excluding hydrogens is 330 g/mol. The average molecular weight is 349 g/mol. The molecule has 2 aromatic carbocycles. The van der Waals surface area contributed by atoms with Gasteiger partial charge in [-0.1, -0.05) is 24.3 Å². The first-order valence-corrected chi connectivity index (χ1v) is 8.62. The van der Waals surface area contributed by atoms with Crippen LogP contribution in [0.1, 0.15) is 5.56 Å². The normalized spacial score (nSPS) is 12.0. The molecule has 0 aliphatic heterocycles. The summed E-state index contributed by atoms with van der Waals surface area (Å²) in [7, 11) is -3.68. The maximum Gasteiger partial charge on any atom is 0.238 e. The summed E-state index contributed by atoms with van der Waals surface area (Å²) in [4.78, 5) is 4.27. The maximum absolute atomic E-state index is 11.2. The van der Waals surface area contributed by atoms with Gasteiger partial charge in [0.15, 0.2) is 5.96 Å². The number of sulfonamides is 1. The van der Waals surface area contributed by atoms with Crippen LogP contribution in [0.15, 0.2) is 58.4 Å². The number of nitrogens with zero attached hydrogens (tertiary/aromatic N) is 1. The molecule has 9 heteroatoms. The van der Waals surface area contributed by atoms with Crippen molar-refractivity contribution in [2.75, 3.05) is 17.3 Å². The highest BCUT2D eigenvalue weighted by Crippen LogP contribution is 2.19. The summed E-state index contributed by atoms with van der Waals surface area (Å²) < 4.78 is 22.4. The van der Waals surface area contributed by atoms with E-state index in [1.54, 1.807) is 36.4 Å². The van der Waals surface area contributed by atoms with E-state index in [4.69, 9.17) is 16.1 Å². The van der Waals surface area contributed by atoms with Crippen LogP contribution in [0.2, 0.25) is 0 Å². The van der Waals surface area contributed by atoms with E-state index < -0.39 is 10.0 Å². The summed E-state index contributed by atoms with van der Waals surface area (Å²) in [6, 6.07) is 13.3. The second-order valence-electron chi connectivity index (χ2n) is 4.99. The highest BCUT2D eigenvalue weighted by molar-refractivity contribution is 7.89. The molecule has 0 aliphatic rings. The quantitative estimate of drug-likeness (QED) is 0.300. The predicted octanol–water partition coefficient (Wildman–Crippen LogP) is 1.10. The second-order valence-corrected chi connectivity index (χ2v) is 6.55. The van der Waals surface area contributed by atoms with Gasteiger partial charge in [0.05, 0.1) is 16.3 Å². The van der Waals surface area contributed by atoms with Crippen LogP contribution >= 0.6 is 0 Å². The molecule has 2 rings (SSSR count). The monoisotopic (exact) mass is 349 g/mol. The number of benzene rings is 2. The van der Waals surface area contributed by atoms with E-state index >= 15 is 0 Å². The summed E-state index contributed by atoms with van der Waals surface area (Å²) >= 11 is 0. The fourth-order valence-electron chi connectivity index (χ4n) is 2.02. The Bertz CT molecular complexity index is 819. The van der Waals surface area contributed by atoms with Gasteiger partial charge in [0, 0.05) is 6.54 Å². The molecule has 0 aromatic heterocycles. The molecule has 0 atom stereocenters. The minimum absolute atomic E-state index is 0.0732. The van der Waals surface area contributed by atoms with E-state index in [0.29, 0.717) is 24.3 Å². The lowest BCUT2D eigenvalue weighted by Crippen LogP contribution is -2.23. The highest BCUT2D eigenvalue weighted by Gasteiger charge is 2.06. The van der Waals surface area contributed by atoms with E-state index in [9.17, 15) is 8.42 Å². The number of para-hydroxylation sites is 2. The van der Waals surface area contributed by atoms with E-state index in [2.05, 4.69) is 15.8 Å². The number of guanidine groups is 1. The number of hydrogen-bond acceptors (Lipinski definition) is 5. The van der Waals surface area contributed by atoms with E-state index in [1.807, 2.05) is 0 Å². The fraction of sp³-hybridized carbons (Fsp3) is 0.133. The number of nitrogens with one attached hydrogen (secondary N) is 2. The van der Waals surface area contributed by atoms with Crippen molar-refractivity contribution >= 4 is 27.4 Å². The van der Waals surface area contributed by atoms with Gasteiger partial charge in [0.1, 0.15) is 0 Å². The van der Waals surface area contributed by atoms with Gasteiger partial charge in [-0.3, -0.25) is 15.7 Å². The van der Waals surface area contributed by atoms with Crippen molar-refractivity contribution in [1.82, 2.24) is 0 Å². The van der Waals surface area contributed by atoms with Crippen LogP contribution in [-0.4, -0.2) is 26.1 Å². The smallest absolute Gasteiger partial charge is 0.238 e. The van der Waals surface area contributed by atoms with Crippen LogP contribution in [0.25, 0.3) is 0 Å². The van der Waals surface area contributed by atoms with Crippen molar-refractivity contribution in [2.24, 2.45) is 15.9 Å². The fourth-order valence-corrected chi connectivity index (χ4v) is 2.53. The third-order valence-electron chi connectivity index (χ3n) is 3.24. The Balaban J connectivity index is 1.93. The molecule has 0 amide bonds. The van der Waals surface area contributed by atoms with Crippen molar-refractivity contribution < 1.29 is 13.6 Å². The minimum atomic E-state index is -3.68. The molecule has 0 saturated carbocycles. The van der Waals surface area contributed by atoms with Crippen molar-refractivity contribution in [3.63, 3.8) is 0 Å². The van der Waals surface area contributed by atoms with Crippen molar-refractivity contribution in [1.29, 1.82) is 0 Å². The van der Waals surface area contributed by atoms with Crippen LogP contribution in [0.4, 0.5) is 11.4 Å². The average Bonchev–Trinajstić information content (AvgIpc) is 2.55. The van der Waals surface area contributed by atoms with Crippen LogP contribution in [0, 0.1) is 0 Å². The van der Waals surface area contributed by atoms with Gasteiger partial charge in [-0.2, -0.15) is 0 Å². The van der Waals surface area contributed by atoms with Gasteiger partial charge in [-0.05, 0) is 36.2 Å². The number of nitrogens with two attached hydrogens (primary N) is 2. The van der Waals surface area contributed by atoms with Gasteiger partial charge in [0.2, 0.25) is 10.0 Å². The third-order valence-corrected chi connectivity index (χ3v) is 4.17. The van der Waals surface area contributed by atoms with Crippen molar-refractivity contribution in [3.05, 3.63) is 54.1 Å². The molecule has 0 saturated heterocycles. The Labute approximate surface area is 140 Å². The third kappa shape index (κ3) is 4.95. The summed E-state index contributed by atoms with van der Waals surface area (Å²) in [5.74, 6) is 0.207. The number of rotatable bonds is 6. The summed E-state index contributed by atoms with van der Waals surface area (Å²) in [6.45, 7) is 0.419. The zero-order valence-electron chi connectivity index (χ0n) is 12.8. The van der Waals surface area contributed by atoms with Gasteiger partial charge >= 0.3 is 0 Å². The van der Waals surface area contributed by atoms with Crippen molar-refractivity contribution in [3.8, 4) is 0 Å². The zero-order chi connectivity index (χ0) is 17.6. The molecular formula is C15H19N5O3S. The lowest BCUT2D eigenvalue weighted by atomic mass is 10.1. The van der Waals surface area contributed by atoms with Gasteiger partial charge in [-0.15, -0.1) is 0 Å². The molecule has 0 aliphatic carbocycles. The highest BCUT2D eigenvalue weighted by atomic mass is 32.2. The Hall–Kier alpha value is -2.62. The Morgan fingerprint density at radius 1 is 1.08 bits per heavy atom. The number of anilines is 2.